The summed E-state index contributed by atoms with van der Waals surface area (Å²) in [6, 6.07) is 47.1. The van der Waals surface area contributed by atoms with Gasteiger partial charge in [-0.1, -0.05) is 154 Å². The first kappa shape index (κ1) is 41.5. The van der Waals surface area contributed by atoms with E-state index in [1.54, 1.807) is 12.1 Å². The molecule has 0 spiro atoms. The van der Waals surface area contributed by atoms with Gasteiger partial charge in [-0.05, 0) is 71.6 Å². The average molecular weight is 793 g/mol. The van der Waals surface area contributed by atoms with Crippen molar-refractivity contribution in [3.05, 3.63) is 163 Å². The van der Waals surface area contributed by atoms with Crippen LogP contribution in [0.15, 0.2) is 150 Å². The lowest BCUT2D eigenvalue weighted by atomic mass is 9.95. The van der Waals surface area contributed by atoms with Crippen LogP contribution in [0.5, 0.6) is 0 Å². The van der Waals surface area contributed by atoms with E-state index in [0.29, 0.717) is 0 Å². The maximum absolute atomic E-state index is 14.1. The molecular weight excluding hydrogens is 740 g/mol. The first-order valence-electron chi connectivity index (χ1n) is 19.2. The van der Waals surface area contributed by atoms with E-state index in [1.807, 2.05) is 93.6 Å². The molecule has 56 heavy (non-hydrogen) atoms. The van der Waals surface area contributed by atoms with Gasteiger partial charge in [0.15, 0.2) is 6.10 Å². The molecule has 6 nitrogen and oxygen atoms in total. The number of thioether (sulfide) groups is 1. The summed E-state index contributed by atoms with van der Waals surface area (Å²) in [6.07, 6.45) is -3.06. The van der Waals surface area contributed by atoms with Crippen LogP contribution in [0.2, 0.25) is 5.04 Å². The zero-order chi connectivity index (χ0) is 39.8. The van der Waals surface area contributed by atoms with Crippen molar-refractivity contribution in [3.8, 4) is 0 Å². The van der Waals surface area contributed by atoms with E-state index in [1.165, 1.54) is 23.9 Å². The van der Waals surface area contributed by atoms with Crippen molar-refractivity contribution in [1.29, 1.82) is 0 Å². The number of rotatable bonds is 14. The number of hydrogen-bond donors (Lipinski definition) is 0. The highest BCUT2D eigenvalue weighted by Gasteiger charge is 2.54. The molecule has 1 saturated heterocycles. The van der Waals surface area contributed by atoms with Crippen LogP contribution in [0.1, 0.15) is 52.7 Å². The molecule has 0 bridgehead atoms. The molecule has 1 aliphatic rings. The fourth-order valence-corrected chi connectivity index (χ4v) is 12.7. The minimum absolute atomic E-state index is 0.165. The Kier molecular flexibility index (Phi) is 13.7. The Bertz CT molecular complexity index is 1910. The number of carbonyl (C=O) groups is 1. The third-order valence-electron chi connectivity index (χ3n) is 9.96. The highest BCUT2D eigenvalue weighted by atomic mass is 32.2. The van der Waals surface area contributed by atoms with Crippen molar-refractivity contribution in [2.45, 2.75) is 94.5 Å². The van der Waals surface area contributed by atoms with Crippen LogP contribution in [0.25, 0.3) is 0 Å². The Labute approximate surface area is 336 Å². The molecule has 1 aliphatic heterocycles. The molecule has 294 valence electrons. The maximum atomic E-state index is 14.1. The Morgan fingerprint density at radius 2 is 1.11 bits per heavy atom. The van der Waals surface area contributed by atoms with Crippen LogP contribution in [0, 0.1) is 11.2 Å². The van der Waals surface area contributed by atoms with Gasteiger partial charge in [0.2, 0.25) is 0 Å². The van der Waals surface area contributed by atoms with E-state index >= 15 is 0 Å². The number of halogens is 1. The molecule has 5 atom stereocenters. The first-order chi connectivity index (χ1) is 26.8. The number of hydrogen-bond acceptors (Lipinski definition) is 7. The topological polar surface area (TPSA) is 63.2 Å². The largest absolute Gasteiger partial charge is 0.455 e. The number of ether oxygens (including phenoxy) is 4. The van der Waals surface area contributed by atoms with Crippen molar-refractivity contribution < 1.29 is 32.6 Å². The van der Waals surface area contributed by atoms with Crippen molar-refractivity contribution in [2.24, 2.45) is 5.41 Å². The summed E-state index contributed by atoms with van der Waals surface area (Å²) in [5, 5.41) is 1.99. The van der Waals surface area contributed by atoms with Crippen molar-refractivity contribution in [1.82, 2.24) is 0 Å². The SMILES string of the molecule is CC(C)(C)C(=O)O[C@@H]1[C@@H](OCc2ccccc2)[C@H](OCc2ccccc2)[C@@H](CO[Si](c2ccccc2)(c2ccccc2)C(C)(C)C)O[C@H]1Sc1ccc(F)cc1. The summed E-state index contributed by atoms with van der Waals surface area (Å²) in [7, 11) is -3.02. The summed E-state index contributed by atoms with van der Waals surface area (Å²) in [6.45, 7) is 12.9. The molecule has 0 saturated carbocycles. The zero-order valence-electron chi connectivity index (χ0n) is 33.1. The summed E-state index contributed by atoms with van der Waals surface area (Å²) < 4.78 is 48.9. The summed E-state index contributed by atoms with van der Waals surface area (Å²) >= 11 is 1.37. The lowest BCUT2D eigenvalue weighted by Gasteiger charge is -2.48. The maximum Gasteiger partial charge on any atom is 0.311 e. The third kappa shape index (κ3) is 10.1. The molecule has 0 amide bonds. The lowest BCUT2D eigenvalue weighted by Crippen LogP contribution is -2.68. The third-order valence-corrected chi connectivity index (χ3v) is 16.1. The van der Waals surface area contributed by atoms with Gasteiger partial charge in [-0.3, -0.25) is 4.79 Å². The van der Waals surface area contributed by atoms with Gasteiger partial charge in [0.1, 0.15) is 29.6 Å². The fourth-order valence-electron chi connectivity index (χ4n) is 7.07. The van der Waals surface area contributed by atoms with Gasteiger partial charge in [-0.25, -0.2) is 4.39 Å². The molecule has 0 aliphatic carbocycles. The van der Waals surface area contributed by atoms with E-state index in [0.717, 1.165) is 26.4 Å². The number of carbonyl (C=O) groups excluding carboxylic acids is 1. The molecule has 5 aromatic carbocycles. The second kappa shape index (κ2) is 18.4. The second-order valence-electron chi connectivity index (χ2n) is 16.2. The van der Waals surface area contributed by atoms with Gasteiger partial charge in [-0.2, -0.15) is 0 Å². The van der Waals surface area contributed by atoms with Crippen LogP contribution in [0.3, 0.4) is 0 Å². The molecule has 0 radical (unpaired) electrons. The Morgan fingerprint density at radius 3 is 1.57 bits per heavy atom. The molecular formula is C47H53FO6SSi. The monoisotopic (exact) mass is 792 g/mol. The van der Waals surface area contributed by atoms with Gasteiger partial charge >= 0.3 is 5.97 Å². The van der Waals surface area contributed by atoms with E-state index in [9.17, 15) is 9.18 Å². The van der Waals surface area contributed by atoms with Gasteiger partial charge < -0.3 is 23.4 Å². The minimum atomic E-state index is -3.02. The first-order valence-corrected chi connectivity index (χ1v) is 22.0. The predicted molar refractivity (Wildman–Crippen MR) is 224 cm³/mol. The average Bonchev–Trinajstić information content (AvgIpc) is 3.19. The number of benzene rings is 5. The normalized spacial score (nSPS) is 20.4. The lowest BCUT2D eigenvalue weighted by molar-refractivity contribution is -0.248. The molecule has 0 unspecified atom stereocenters. The van der Waals surface area contributed by atoms with Gasteiger partial charge in [-0.15, -0.1) is 0 Å². The molecule has 5 aromatic rings. The molecule has 9 heteroatoms. The summed E-state index contributed by atoms with van der Waals surface area (Å²) in [5.74, 6) is -0.738. The van der Waals surface area contributed by atoms with Gasteiger partial charge in [0, 0.05) is 4.90 Å². The van der Waals surface area contributed by atoms with E-state index in [4.69, 9.17) is 23.4 Å². The molecule has 6 rings (SSSR count). The standard InChI is InChI=1S/C47H53FO6SSi/c1-46(2,3)45(49)54-43-42(51-32-35-21-13-8-14-22-35)41(50-31-34-19-11-7-12-20-34)40(53-44(43)55-37-29-27-36(48)28-30-37)33-52-56(47(4,5)6,38-23-15-9-16-24-38)39-25-17-10-18-26-39/h7-30,40-44H,31-33H2,1-6H3/t40-,41-,42+,43-,44+/m1/s1. The van der Waals surface area contributed by atoms with E-state index < -0.39 is 49.6 Å². The van der Waals surface area contributed by atoms with Crippen LogP contribution in [-0.2, 0) is 41.4 Å². The Morgan fingerprint density at radius 1 is 0.643 bits per heavy atom. The predicted octanol–water partition coefficient (Wildman–Crippen LogP) is 9.35. The smallest absolute Gasteiger partial charge is 0.311 e. The van der Waals surface area contributed by atoms with E-state index in [2.05, 4.69) is 69.3 Å². The van der Waals surface area contributed by atoms with Crippen molar-refractivity contribution in [2.75, 3.05) is 6.61 Å². The molecule has 0 N–H and O–H groups in total. The molecule has 1 heterocycles. The van der Waals surface area contributed by atoms with Crippen LogP contribution in [0.4, 0.5) is 4.39 Å². The van der Waals surface area contributed by atoms with Crippen molar-refractivity contribution >= 4 is 36.4 Å². The zero-order valence-corrected chi connectivity index (χ0v) is 34.9. The van der Waals surface area contributed by atoms with Gasteiger partial charge in [0.25, 0.3) is 8.32 Å². The van der Waals surface area contributed by atoms with Crippen molar-refractivity contribution in [3.63, 3.8) is 0 Å². The summed E-state index contributed by atoms with van der Waals surface area (Å²) in [4.78, 5) is 14.5. The highest BCUT2D eigenvalue weighted by Crippen LogP contribution is 2.41. The highest BCUT2D eigenvalue weighted by molar-refractivity contribution is 7.99. The minimum Gasteiger partial charge on any atom is -0.455 e. The summed E-state index contributed by atoms with van der Waals surface area (Å²) in [5.41, 5.74) is 0.382. The quantitative estimate of drug-likeness (QED) is 0.0821. The number of esters is 1. The Hall–Kier alpha value is -4.09. The van der Waals surface area contributed by atoms with Crippen LogP contribution >= 0.6 is 11.8 Å². The van der Waals surface area contributed by atoms with Crippen LogP contribution < -0.4 is 10.4 Å². The Balaban J connectivity index is 1.46. The molecule has 1 fully saturated rings. The second-order valence-corrected chi connectivity index (χ2v) is 21.7. The molecule has 0 aromatic heterocycles. The van der Waals surface area contributed by atoms with E-state index in [-0.39, 0.29) is 30.7 Å². The van der Waals surface area contributed by atoms with Crippen LogP contribution in [-0.4, -0.2) is 50.7 Å². The van der Waals surface area contributed by atoms with Gasteiger partial charge in [0.05, 0.1) is 25.2 Å². The fraction of sp³-hybridized carbons (Fsp3) is 0.340.